The van der Waals surface area contributed by atoms with Crippen molar-refractivity contribution in [2.24, 2.45) is 0 Å². The highest BCUT2D eigenvalue weighted by atomic mass is 16.5. The molecule has 1 rings (SSSR count). The Bertz CT molecular complexity index is 95.4. The number of rotatable bonds is 1. The van der Waals surface area contributed by atoms with Crippen molar-refractivity contribution in [2.75, 3.05) is 33.4 Å². The van der Waals surface area contributed by atoms with E-state index in [0.717, 1.165) is 26.3 Å². The summed E-state index contributed by atoms with van der Waals surface area (Å²) in [6.07, 6.45) is 0.469. The standard InChI is InChI=1S/C4H9NO.C4H8O2/c1-3-6-4-2-5-1;1-3-4(5)6-2/h5H,1-4H2;3H2,1-2H3. The molecule has 0 atom stereocenters. The lowest BCUT2D eigenvalue weighted by molar-refractivity contribution is -0.140. The number of carbonyl (C=O) groups is 1. The van der Waals surface area contributed by atoms with Crippen LogP contribution in [0.2, 0.25) is 0 Å². The van der Waals surface area contributed by atoms with Crippen molar-refractivity contribution in [2.45, 2.75) is 13.3 Å². The Balaban J connectivity index is 0.000000202. The Kier molecular flexibility index (Phi) is 8.05. The summed E-state index contributed by atoms with van der Waals surface area (Å²) in [5.41, 5.74) is 0. The predicted molar refractivity (Wildman–Crippen MR) is 46.0 cm³/mol. The normalized spacial score (nSPS) is 15.8. The second kappa shape index (κ2) is 8.49. The smallest absolute Gasteiger partial charge is 0.305 e. The first-order valence-corrected chi connectivity index (χ1v) is 4.16. The third-order valence-electron chi connectivity index (χ3n) is 1.36. The van der Waals surface area contributed by atoms with Gasteiger partial charge in [-0.05, 0) is 0 Å². The van der Waals surface area contributed by atoms with E-state index < -0.39 is 0 Å². The van der Waals surface area contributed by atoms with Gasteiger partial charge in [-0.2, -0.15) is 0 Å². The van der Waals surface area contributed by atoms with E-state index in [2.05, 4.69) is 10.1 Å². The van der Waals surface area contributed by atoms with Crippen molar-refractivity contribution < 1.29 is 14.3 Å². The summed E-state index contributed by atoms with van der Waals surface area (Å²) in [6.45, 7) is 5.59. The van der Waals surface area contributed by atoms with Crippen LogP contribution >= 0.6 is 0 Å². The number of methoxy groups -OCH3 is 1. The molecule has 0 spiro atoms. The first kappa shape index (κ1) is 11.4. The summed E-state index contributed by atoms with van der Waals surface area (Å²) < 4.78 is 9.27. The monoisotopic (exact) mass is 175 g/mol. The van der Waals surface area contributed by atoms with Gasteiger partial charge in [-0.15, -0.1) is 0 Å². The van der Waals surface area contributed by atoms with Crippen LogP contribution in [0.25, 0.3) is 0 Å². The van der Waals surface area contributed by atoms with Crippen LogP contribution in [-0.4, -0.2) is 39.4 Å². The van der Waals surface area contributed by atoms with Gasteiger partial charge in [0, 0.05) is 19.5 Å². The molecule has 12 heavy (non-hydrogen) atoms. The zero-order valence-corrected chi connectivity index (χ0v) is 7.76. The summed E-state index contributed by atoms with van der Waals surface area (Å²) in [7, 11) is 1.38. The summed E-state index contributed by atoms with van der Waals surface area (Å²) in [5, 5.41) is 3.16. The highest BCUT2D eigenvalue weighted by molar-refractivity contribution is 5.68. The van der Waals surface area contributed by atoms with E-state index in [1.54, 1.807) is 6.92 Å². The lowest BCUT2D eigenvalue weighted by Gasteiger charge is -2.10. The van der Waals surface area contributed by atoms with Gasteiger partial charge >= 0.3 is 5.97 Å². The molecule has 1 fully saturated rings. The molecule has 0 aromatic rings. The Hall–Kier alpha value is -0.610. The van der Waals surface area contributed by atoms with Gasteiger partial charge in [0.05, 0.1) is 20.3 Å². The molecule has 0 amide bonds. The van der Waals surface area contributed by atoms with Crippen LogP contribution in [0.5, 0.6) is 0 Å². The SMILES string of the molecule is C1COCCN1.CCC(=O)OC. The second-order valence-electron chi connectivity index (χ2n) is 2.29. The van der Waals surface area contributed by atoms with Crippen LogP contribution in [0.1, 0.15) is 13.3 Å². The molecule has 1 aliphatic heterocycles. The summed E-state index contributed by atoms with van der Waals surface area (Å²) in [4.78, 5) is 9.96. The molecule has 4 nitrogen and oxygen atoms in total. The maximum absolute atomic E-state index is 9.96. The Morgan fingerprint density at radius 1 is 1.50 bits per heavy atom. The van der Waals surface area contributed by atoms with E-state index in [1.165, 1.54) is 7.11 Å². The van der Waals surface area contributed by atoms with E-state index in [0.29, 0.717) is 6.42 Å². The molecule has 1 N–H and O–H groups in total. The quantitative estimate of drug-likeness (QED) is 0.577. The number of esters is 1. The van der Waals surface area contributed by atoms with E-state index in [9.17, 15) is 4.79 Å². The van der Waals surface area contributed by atoms with Gasteiger partial charge in [-0.3, -0.25) is 4.79 Å². The van der Waals surface area contributed by atoms with Gasteiger partial charge in [0.15, 0.2) is 0 Å². The van der Waals surface area contributed by atoms with E-state index >= 15 is 0 Å². The summed E-state index contributed by atoms with van der Waals surface area (Å²) in [5.74, 6) is -0.157. The van der Waals surface area contributed by atoms with Crippen molar-refractivity contribution in [1.82, 2.24) is 5.32 Å². The molecule has 1 saturated heterocycles. The first-order chi connectivity index (χ1) is 5.81. The predicted octanol–water partition coefficient (Wildman–Crippen LogP) is 0.176. The molecule has 1 heterocycles. The number of carbonyl (C=O) groups excluding carboxylic acids is 1. The number of hydrogen-bond donors (Lipinski definition) is 1. The highest BCUT2D eigenvalue weighted by Gasteiger charge is 1.92. The highest BCUT2D eigenvalue weighted by Crippen LogP contribution is 1.77. The average molecular weight is 175 g/mol. The van der Waals surface area contributed by atoms with Crippen molar-refractivity contribution in [1.29, 1.82) is 0 Å². The first-order valence-electron chi connectivity index (χ1n) is 4.16. The third-order valence-corrected chi connectivity index (χ3v) is 1.36. The number of nitrogens with one attached hydrogen (secondary N) is 1. The van der Waals surface area contributed by atoms with Gasteiger partial charge < -0.3 is 14.8 Å². The Morgan fingerprint density at radius 2 is 2.08 bits per heavy atom. The van der Waals surface area contributed by atoms with Crippen LogP contribution < -0.4 is 5.32 Å². The average Bonchev–Trinajstić information content (AvgIpc) is 2.20. The van der Waals surface area contributed by atoms with Crippen LogP contribution in [0.3, 0.4) is 0 Å². The topological polar surface area (TPSA) is 47.6 Å². The largest absolute Gasteiger partial charge is 0.469 e. The lowest BCUT2D eigenvalue weighted by Crippen LogP contribution is -2.30. The molecule has 72 valence electrons. The van der Waals surface area contributed by atoms with Gasteiger partial charge in [0.2, 0.25) is 0 Å². The molecule has 0 saturated carbocycles. The molecule has 0 bridgehead atoms. The number of morpholine rings is 1. The van der Waals surface area contributed by atoms with Gasteiger partial charge in [-0.25, -0.2) is 0 Å². The van der Waals surface area contributed by atoms with E-state index in [-0.39, 0.29) is 5.97 Å². The van der Waals surface area contributed by atoms with Crippen LogP contribution in [0.4, 0.5) is 0 Å². The van der Waals surface area contributed by atoms with Gasteiger partial charge in [0.1, 0.15) is 0 Å². The van der Waals surface area contributed by atoms with Crippen LogP contribution in [-0.2, 0) is 14.3 Å². The molecule has 0 radical (unpaired) electrons. The van der Waals surface area contributed by atoms with Gasteiger partial charge in [-0.1, -0.05) is 6.92 Å². The van der Waals surface area contributed by atoms with Crippen LogP contribution in [0, 0.1) is 0 Å². The zero-order valence-electron chi connectivity index (χ0n) is 7.76. The molecule has 0 aromatic carbocycles. The van der Waals surface area contributed by atoms with Crippen molar-refractivity contribution in [3.05, 3.63) is 0 Å². The maximum Gasteiger partial charge on any atom is 0.305 e. The fraction of sp³-hybridized carbons (Fsp3) is 0.875. The minimum atomic E-state index is -0.157. The van der Waals surface area contributed by atoms with Crippen LogP contribution in [0.15, 0.2) is 0 Å². The lowest BCUT2D eigenvalue weighted by atomic mass is 10.5. The molecular formula is C8H17NO3. The van der Waals surface area contributed by atoms with Crippen molar-refractivity contribution >= 4 is 5.97 Å². The fourth-order valence-corrected chi connectivity index (χ4v) is 0.660. The zero-order chi connectivity index (χ0) is 9.23. The maximum atomic E-state index is 9.96. The number of hydrogen-bond acceptors (Lipinski definition) is 4. The minimum absolute atomic E-state index is 0.157. The fourth-order valence-electron chi connectivity index (χ4n) is 0.660. The van der Waals surface area contributed by atoms with Crippen molar-refractivity contribution in [3.8, 4) is 0 Å². The third kappa shape index (κ3) is 7.50. The van der Waals surface area contributed by atoms with Gasteiger partial charge in [0.25, 0.3) is 0 Å². The Morgan fingerprint density at radius 3 is 2.17 bits per heavy atom. The molecule has 0 aliphatic carbocycles. The Labute approximate surface area is 73.2 Å². The minimum Gasteiger partial charge on any atom is -0.469 e. The van der Waals surface area contributed by atoms with Crippen molar-refractivity contribution in [3.63, 3.8) is 0 Å². The molecule has 4 heteroatoms. The summed E-state index contributed by atoms with van der Waals surface area (Å²) in [6, 6.07) is 0. The number of ether oxygens (including phenoxy) is 2. The second-order valence-corrected chi connectivity index (χ2v) is 2.29. The van der Waals surface area contributed by atoms with E-state index in [4.69, 9.17) is 4.74 Å². The van der Waals surface area contributed by atoms with E-state index in [1.807, 2.05) is 0 Å². The molecule has 0 aromatic heterocycles. The molecule has 0 unspecified atom stereocenters. The molecule has 1 aliphatic rings. The molecular weight excluding hydrogens is 158 g/mol. The summed E-state index contributed by atoms with van der Waals surface area (Å²) >= 11 is 0.